The smallest absolute Gasteiger partial charge is 0.267 e. The highest BCUT2D eigenvalue weighted by Crippen LogP contribution is 2.34. The molecule has 1 amide bonds. The molecule has 4 heterocycles. The van der Waals surface area contributed by atoms with Gasteiger partial charge in [-0.2, -0.15) is 0 Å². The number of rotatable bonds is 9. The summed E-state index contributed by atoms with van der Waals surface area (Å²) in [7, 11) is 0. The summed E-state index contributed by atoms with van der Waals surface area (Å²) in [5.74, 6) is 0.798. The molecule has 0 radical (unpaired) electrons. The highest BCUT2D eigenvalue weighted by molar-refractivity contribution is 8.26. The number of anilines is 1. The summed E-state index contributed by atoms with van der Waals surface area (Å²) in [4.78, 5) is 33.0. The Morgan fingerprint density at radius 2 is 2.15 bits per heavy atom. The molecule has 3 aromatic heterocycles. The van der Waals surface area contributed by atoms with E-state index in [1.54, 1.807) is 36.7 Å². The number of ether oxygens (including phenoxy) is 1. The highest BCUT2D eigenvalue weighted by atomic mass is 32.2. The van der Waals surface area contributed by atoms with Crippen molar-refractivity contribution in [2.24, 2.45) is 0 Å². The molecule has 3 aromatic rings. The van der Waals surface area contributed by atoms with Crippen molar-refractivity contribution in [2.45, 2.75) is 26.8 Å². The number of pyridine rings is 1. The second-order valence-corrected chi connectivity index (χ2v) is 9.06. The zero-order chi connectivity index (χ0) is 23.4. The fraction of sp³-hybridized carbons (Fsp3) is 0.304. The minimum absolute atomic E-state index is 0.242. The summed E-state index contributed by atoms with van der Waals surface area (Å²) < 4.78 is 12.7. The third-order valence-corrected chi connectivity index (χ3v) is 6.47. The SMILES string of the molecule is CCOCCCNc1nc2c(C)cccn2c(=O)c1C=C1SC(=S)N(Cc2ccco2)C1=O. The molecule has 4 rings (SSSR count). The van der Waals surface area contributed by atoms with Crippen LogP contribution in [0.4, 0.5) is 5.82 Å². The monoisotopic (exact) mass is 484 g/mol. The van der Waals surface area contributed by atoms with Crippen LogP contribution in [-0.4, -0.2) is 44.3 Å². The van der Waals surface area contributed by atoms with Crippen LogP contribution in [0.25, 0.3) is 11.7 Å². The van der Waals surface area contributed by atoms with Gasteiger partial charge in [-0.25, -0.2) is 4.98 Å². The number of hydrogen-bond donors (Lipinski definition) is 1. The Bertz CT molecular complexity index is 1270. The Labute approximate surface area is 200 Å². The molecule has 0 bridgehead atoms. The van der Waals surface area contributed by atoms with Crippen LogP contribution in [0.5, 0.6) is 0 Å². The summed E-state index contributed by atoms with van der Waals surface area (Å²) in [5.41, 5.74) is 1.50. The van der Waals surface area contributed by atoms with Gasteiger partial charge in [-0.3, -0.25) is 18.9 Å². The second kappa shape index (κ2) is 10.3. The summed E-state index contributed by atoms with van der Waals surface area (Å²) in [6.07, 6.45) is 5.57. The molecule has 1 saturated heterocycles. The van der Waals surface area contributed by atoms with E-state index in [9.17, 15) is 9.59 Å². The number of aryl methyl sites for hydroxylation is 1. The van der Waals surface area contributed by atoms with Crippen LogP contribution in [0.1, 0.15) is 30.2 Å². The lowest BCUT2D eigenvalue weighted by molar-refractivity contribution is -0.122. The number of amides is 1. The summed E-state index contributed by atoms with van der Waals surface area (Å²) >= 11 is 6.57. The maximum atomic E-state index is 13.4. The average Bonchev–Trinajstić information content (AvgIpc) is 3.40. The molecule has 1 aliphatic rings. The van der Waals surface area contributed by atoms with Crippen molar-refractivity contribution >= 4 is 51.7 Å². The minimum atomic E-state index is -0.266. The van der Waals surface area contributed by atoms with Gasteiger partial charge in [0.2, 0.25) is 0 Å². The zero-order valence-corrected chi connectivity index (χ0v) is 20.0. The molecule has 1 aliphatic heterocycles. The Hall–Kier alpha value is -2.95. The molecule has 0 aliphatic carbocycles. The topological polar surface area (TPSA) is 89.1 Å². The molecule has 1 N–H and O–H groups in total. The van der Waals surface area contributed by atoms with Crippen LogP contribution in [-0.2, 0) is 16.1 Å². The average molecular weight is 485 g/mol. The third kappa shape index (κ3) is 5.02. The highest BCUT2D eigenvalue weighted by Gasteiger charge is 2.33. The number of thiocarbonyl (C=S) groups is 1. The number of furan rings is 1. The molecule has 0 spiro atoms. The van der Waals surface area contributed by atoms with Crippen molar-refractivity contribution in [3.8, 4) is 0 Å². The van der Waals surface area contributed by atoms with E-state index >= 15 is 0 Å². The largest absolute Gasteiger partial charge is 0.467 e. The van der Waals surface area contributed by atoms with Crippen LogP contribution in [0, 0.1) is 6.92 Å². The lowest BCUT2D eigenvalue weighted by Crippen LogP contribution is -2.27. The quantitative estimate of drug-likeness (QED) is 0.278. The predicted molar refractivity (Wildman–Crippen MR) is 133 cm³/mol. The molecule has 0 atom stereocenters. The van der Waals surface area contributed by atoms with Crippen LogP contribution in [0.3, 0.4) is 0 Å². The van der Waals surface area contributed by atoms with Gasteiger partial charge in [0.05, 0.1) is 23.3 Å². The van der Waals surface area contributed by atoms with Crippen molar-refractivity contribution in [1.82, 2.24) is 14.3 Å². The molecule has 8 nitrogen and oxygen atoms in total. The van der Waals surface area contributed by atoms with Gasteiger partial charge >= 0.3 is 0 Å². The van der Waals surface area contributed by atoms with E-state index in [0.29, 0.717) is 51.8 Å². The Balaban J connectivity index is 1.69. The number of aromatic nitrogens is 2. The first-order valence-electron chi connectivity index (χ1n) is 10.6. The molecule has 0 saturated carbocycles. The molecular weight excluding hydrogens is 460 g/mol. The lowest BCUT2D eigenvalue weighted by atomic mass is 10.2. The number of nitrogens with one attached hydrogen (secondary N) is 1. The van der Waals surface area contributed by atoms with Crippen molar-refractivity contribution in [2.75, 3.05) is 25.1 Å². The van der Waals surface area contributed by atoms with Gasteiger partial charge < -0.3 is 14.5 Å². The van der Waals surface area contributed by atoms with Gasteiger partial charge in [-0.1, -0.05) is 30.0 Å². The first-order valence-corrected chi connectivity index (χ1v) is 11.8. The Kier molecular flexibility index (Phi) is 7.26. The van der Waals surface area contributed by atoms with Crippen LogP contribution >= 0.6 is 24.0 Å². The van der Waals surface area contributed by atoms with Crippen molar-refractivity contribution < 1.29 is 13.9 Å². The molecule has 0 aromatic carbocycles. The molecule has 1 fully saturated rings. The van der Waals surface area contributed by atoms with Gasteiger partial charge in [0.1, 0.15) is 21.5 Å². The Morgan fingerprint density at radius 3 is 2.91 bits per heavy atom. The van der Waals surface area contributed by atoms with Crippen molar-refractivity contribution in [3.05, 3.63) is 68.9 Å². The molecular formula is C23H24N4O4S2. The zero-order valence-electron chi connectivity index (χ0n) is 18.4. The number of fused-ring (bicyclic) bond motifs is 1. The van der Waals surface area contributed by atoms with E-state index in [1.165, 1.54) is 9.30 Å². The molecule has 10 heteroatoms. The van der Waals surface area contributed by atoms with E-state index < -0.39 is 0 Å². The standard InChI is InChI=1S/C23H24N4O4S2/c1-3-30-11-6-9-24-19-17(21(28)26-10-4-7-15(2)20(26)25-19)13-18-22(29)27(23(32)33-18)14-16-8-5-12-31-16/h4-5,7-8,10,12-13,24H,3,6,9,11,14H2,1-2H3. The molecule has 0 unspecified atom stereocenters. The second-order valence-electron chi connectivity index (χ2n) is 7.39. The maximum Gasteiger partial charge on any atom is 0.267 e. The van der Waals surface area contributed by atoms with E-state index in [1.807, 2.05) is 19.9 Å². The Morgan fingerprint density at radius 1 is 1.30 bits per heavy atom. The van der Waals surface area contributed by atoms with Crippen LogP contribution < -0.4 is 10.9 Å². The van der Waals surface area contributed by atoms with Crippen LogP contribution in [0.15, 0.2) is 50.8 Å². The number of thioether (sulfide) groups is 1. The lowest BCUT2D eigenvalue weighted by Gasteiger charge is -2.13. The fourth-order valence-corrected chi connectivity index (χ4v) is 4.66. The van der Waals surface area contributed by atoms with Gasteiger partial charge in [-0.05, 0) is 50.1 Å². The number of hydrogen-bond acceptors (Lipinski definition) is 8. The third-order valence-electron chi connectivity index (χ3n) is 5.09. The predicted octanol–water partition coefficient (Wildman–Crippen LogP) is 3.84. The van der Waals surface area contributed by atoms with Gasteiger partial charge in [0, 0.05) is 26.0 Å². The first kappa shape index (κ1) is 23.2. The summed E-state index contributed by atoms with van der Waals surface area (Å²) in [6, 6.07) is 7.25. The van der Waals surface area contributed by atoms with Gasteiger partial charge in [-0.15, -0.1) is 0 Å². The molecule has 172 valence electrons. The first-order chi connectivity index (χ1) is 16.0. The van der Waals surface area contributed by atoms with E-state index in [0.717, 1.165) is 23.7 Å². The van der Waals surface area contributed by atoms with Gasteiger partial charge in [0.15, 0.2) is 0 Å². The van der Waals surface area contributed by atoms with Gasteiger partial charge in [0.25, 0.3) is 11.5 Å². The van der Waals surface area contributed by atoms with Crippen molar-refractivity contribution in [1.29, 1.82) is 0 Å². The van der Waals surface area contributed by atoms with E-state index in [2.05, 4.69) is 5.32 Å². The number of nitrogens with zero attached hydrogens (tertiary/aromatic N) is 3. The fourth-order valence-electron chi connectivity index (χ4n) is 3.43. The number of carbonyl (C=O) groups is 1. The van der Waals surface area contributed by atoms with E-state index in [-0.39, 0.29) is 18.0 Å². The minimum Gasteiger partial charge on any atom is -0.467 e. The molecule has 33 heavy (non-hydrogen) atoms. The van der Waals surface area contributed by atoms with Crippen LogP contribution in [0.2, 0.25) is 0 Å². The van der Waals surface area contributed by atoms with E-state index in [4.69, 9.17) is 26.4 Å². The number of carbonyl (C=O) groups excluding carboxylic acids is 1. The van der Waals surface area contributed by atoms with Crippen molar-refractivity contribution in [3.63, 3.8) is 0 Å². The maximum absolute atomic E-state index is 13.4. The normalized spacial score (nSPS) is 15.2. The summed E-state index contributed by atoms with van der Waals surface area (Å²) in [5, 5.41) is 3.25. The summed E-state index contributed by atoms with van der Waals surface area (Å²) in [6.45, 7) is 5.93.